The van der Waals surface area contributed by atoms with Gasteiger partial charge in [-0.15, -0.1) is 0 Å². The summed E-state index contributed by atoms with van der Waals surface area (Å²) in [5.74, 6) is -0.137. The van der Waals surface area contributed by atoms with Gasteiger partial charge in [-0.25, -0.2) is 9.89 Å². The van der Waals surface area contributed by atoms with Crippen molar-refractivity contribution >= 4 is 17.7 Å². The second kappa shape index (κ2) is 6.53. The van der Waals surface area contributed by atoms with E-state index in [9.17, 15) is 14.4 Å². The van der Waals surface area contributed by atoms with E-state index in [0.29, 0.717) is 6.54 Å². The number of hydrogen-bond acceptors (Lipinski definition) is 6. The fourth-order valence-electron chi connectivity index (χ4n) is 1.65. The summed E-state index contributed by atoms with van der Waals surface area (Å²) < 4.78 is 5.37. The lowest BCUT2D eigenvalue weighted by Gasteiger charge is -2.10. The Kier molecular flexibility index (Phi) is 4.74. The van der Waals surface area contributed by atoms with Gasteiger partial charge < -0.3 is 10.1 Å². The number of nitrogens with zero attached hydrogens (tertiary/aromatic N) is 1. The number of aromatic nitrogens is 3. The zero-order valence-electron chi connectivity index (χ0n) is 10.1. The molecule has 0 radical (unpaired) electrons. The van der Waals surface area contributed by atoms with Gasteiger partial charge in [0, 0.05) is 13.2 Å². The minimum absolute atomic E-state index is 0.0619. The first kappa shape index (κ1) is 13.8. The average Bonchev–Trinajstić information content (AvgIpc) is 2.88. The predicted molar refractivity (Wildman–Crippen MR) is 68.2 cm³/mol. The van der Waals surface area contributed by atoms with E-state index in [4.69, 9.17) is 4.74 Å². The van der Waals surface area contributed by atoms with Gasteiger partial charge in [0.1, 0.15) is 0 Å². The van der Waals surface area contributed by atoms with Crippen molar-refractivity contribution in [3.05, 3.63) is 20.8 Å². The molecule has 0 aromatic carbocycles. The zero-order valence-corrected chi connectivity index (χ0v) is 10.9. The van der Waals surface area contributed by atoms with E-state index in [2.05, 4.69) is 15.5 Å². The number of carbonyl (C=O) groups is 1. The molecule has 1 amide bonds. The van der Waals surface area contributed by atoms with E-state index in [1.807, 2.05) is 4.98 Å². The van der Waals surface area contributed by atoms with Gasteiger partial charge in [0.2, 0.25) is 5.91 Å². The van der Waals surface area contributed by atoms with Crippen LogP contribution in [0.4, 0.5) is 0 Å². The Balaban J connectivity index is 1.76. The van der Waals surface area contributed by atoms with E-state index in [1.165, 1.54) is 0 Å². The van der Waals surface area contributed by atoms with Crippen LogP contribution in [0.2, 0.25) is 0 Å². The molecular weight excluding hydrogens is 272 g/mol. The summed E-state index contributed by atoms with van der Waals surface area (Å²) in [4.78, 5) is 35.7. The molecule has 1 aliphatic heterocycles. The second-order valence-electron chi connectivity index (χ2n) is 4.04. The van der Waals surface area contributed by atoms with Crippen molar-refractivity contribution in [1.29, 1.82) is 0 Å². The van der Waals surface area contributed by atoms with Crippen molar-refractivity contribution in [3.8, 4) is 0 Å². The van der Waals surface area contributed by atoms with Crippen LogP contribution in [0.5, 0.6) is 0 Å². The normalized spacial score (nSPS) is 18.4. The van der Waals surface area contributed by atoms with Crippen LogP contribution in [0.25, 0.3) is 0 Å². The quantitative estimate of drug-likeness (QED) is 0.588. The van der Waals surface area contributed by atoms with Crippen molar-refractivity contribution in [2.45, 2.75) is 24.0 Å². The van der Waals surface area contributed by atoms with Crippen LogP contribution in [0, 0.1) is 0 Å². The molecular formula is C10H14N4O4S. The molecule has 1 saturated heterocycles. The molecule has 1 aromatic rings. The maximum atomic E-state index is 11.6. The third kappa shape index (κ3) is 4.21. The van der Waals surface area contributed by atoms with Crippen LogP contribution < -0.4 is 16.6 Å². The van der Waals surface area contributed by atoms with Gasteiger partial charge in [0.05, 0.1) is 11.9 Å². The highest BCUT2D eigenvalue weighted by molar-refractivity contribution is 7.99. The minimum Gasteiger partial charge on any atom is -0.376 e. The Bertz CT molecular complexity index is 549. The van der Waals surface area contributed by atoms with Gasteiger partial charge >= 0.3 is 5.69 Å². The standard InChI is InChI=1S/C10H14N4O4S/c15-7(11-4-6-2-1-3-18-6)5-19-9-8(16)12-10(17)14-13-9/h6H,1-5H2,(H,11,15)(H2,12,14,16,17). The molecule has 1 aromatic heterocycles. The lowest BCUT2D eigenvalue weighted by Crippen LogP contribution is -2.33. The Hall–Kier alpha value is -1.61. The third-order valence-electron chi connectivity index (χ3n) is 2.57. The number of nitrogens with one attached hydrogen (secondary N) is 3. The molecule has 0 bridgehead atoms. The number of thioether (sulfide) groups is 1. The van der Waals surface area contributed by atoms with E-state index in [1.54, 1.807) is 0 Å². The van der Waals surface area contributed by atoms with Crippen LogP contribution in [-0.4, -0.2) is 46.1 Å². The molecule has 0 aliphatic carbocycles. The van der Waals surface area contributed by atoms with Crippen LogP contribution in [0.3, 0.4) is 0 Å². The van der Waals surface area contributed by atoms with Crippen LogP contribution in [-0.2, 0) is 9.53 Å². The van der Waals surface area contributed by atoms with Crippen LogP contribution in [0.1, 0.15) is 12.8 Å². The molecule has 3 N–H and O–H groups in total. The average molecular weight is 286 g/mol. The monoisotopic (exact) mass is 286 g/mol. The fraction of sp³-hybridized carbons (Fsp3) is 0.600. The summed E-state index contributed by atoms with van der Waals surface area (Å²) in [6.45, 7) is 1.22. The first-order chi connectivity index (χ1) is 9.15. The Labute approximate surface area is 112 Å². The number of aromatic amines is 2. The molecule has 19 heavy (non-hydrogen) atoms. The summed E-state index contributed by atoms with van der Waals surface area (Å²) in [5.41, 5.74) is -1.27. The van der Waals surface area contributed by atoms with Gasteiger partial charge in [-0.1, -0.05) is 11.8 Å². The molecule has 1 aliphatic rings. The number of carbonyl (C=O) groups excluding carboxylic acids is 1. The summed E-state index contributed by atoms with van der Waals surface area (Å²) in [6, 6.07) is 0. The van der Waals surface area contributed by atoms with Crippen LogP contribution in [0.15, 0.2) is 14.6 Å². The molecule has 9 heteroatoms. The smallest absolute Gasteiger partial charge is 0.342 e. The molecule has 1 fully saturated rings. The van der Waals surface area contributed by atoms with E-state index < -0.39 is 11.2 Å². The summed E-state index contributed by atoms with van der Waals surface area (Å²) >= 11 is 0.968. The van der Waals surface area contributed by atoms with Gasteiger partial charge in [-0.3, -0.25) is 14.6 Å². The lowest BCUT2D eigenvalue weighted by atomic mass is 10.2. The number of hydrogen-bond donors (Lipinski definition) is 3. The summed E-state index contributed by atoms with van der Waals surface area (Å²) in [7, 11) is 0. The highest BCUT2D eigenvalue weighted by atomic mass is 32.2. The molecule has 1 atom stereocenters. The first-order valence-electron chi connectivity index (χ1n) is 5.85. The molecule has 2 rings (SSSR count). The van der Waals surface area contributed by atoms with Crippen molar-refractivity contribution in [2.24, 2.45) is 0 Å². The van der Waals surface area contributed by atoms with Crippen molar-refractivity contribution < 1.29 is 9.53 Å². The molecule has 2 heterocycles. The Morgan fingerprint density at radius 1 is 1.53 bits per heavy atom. The van der Waals surface area contributed by atoms with E-state index in [0.717, 1.165) is 31.2 Å². The lowest BCUT2D eigenvalue weighted by molar-refractivity contribution is -0.119. The number of amides is 1. The molecule has 0 spiro atoms. The zero-order chi connectivity index (χ0) is 13.7. The molecule has 1 unspecified atom stereocenters. The first-order valence-corrected chi connectivity index (χ1v) is 6.84. The maximum Gasteiger partial charge on any atom is 0.342 e. The predicted octanol–water partition coefficient (Wildman–Crippen LogP) is -1.15. The largest absolute Gasteiger partial charge is 0.376 e. The topological polar surface area (TPSA) is 117 Å². The molecule has 8 nitrogen and oxygen atoms in total. The Morgan fingerprint density at radius 2 is 2.37 bits per heavy atom. The van der Waals surface area contributed by atoms with Gasteiger partial charge in [0.15, 0.2) is 5.03 Å². The van der Waals surface area contributed by atoms with E-state index >= 15 is 0 Å². The van der Waals surface area contributed by atoms with Crippen molar-refractivity contribution in [1.82, 2.24) is 20.5 Å². The van der Waals surface area contributed by atoms with Gasteiger partial charge in [-0.2, -0.15) is 5.10 Å². The number of rotatable bonds is 5. The maximum absolute atomic E-state index is 11.6. The van der Waals surface area contributed by atoms with Crippen molar-refractivity contribution in [3.63, 3.8) is 0 Å². The fourth-order valence-corrected chi connectivity index (χ4v) is 2.31. The van der Waals surface area contributed by atoms with Gasteiger partial charge in [-0.05, 0) is 12.8 Å². The van der Waals surface area contributed by atoms with Gasteiger partial charge in [0.25, 0.3) is 5.56 Å². The SMILES string of the molecule is O=C(CSc1n[nH]c(=O)[nH]c1=O)NCC1CCCO1. The molecule has 0 saturated carbocycles. The minimum atomic E-state index is -0.669. The van der Waals surface area contributed by atoms with E-state index in [-0.39, 0.29) is 22.8 Å². The van der Waals surface area contributed by atoms with Crippen LogP contribution >= 0.6 is 11.8 Å². The highest BCUT2D eigenvalue weighted by Gasteiger charge is 2.16. The summed E-state index contributed by atoms with van der Waals surface area (Å²) in [6.07, 6.45) is 2.06. The third-order valence-corrected chi connectivity index (χ3v) is 3.53. The number of ether oxygens (including phenoxy) is 1. The highest BCUT2D eigenvalue weighted by Crippen LogP contribution is 2.11. The number of H-pyrrole nitrogens is 2. The summed E-state index contributed by atoms with van der Waals surface area (Å²) in [5, 5.41) is 8.46. The Morgan fingerprint density at radius 3 is 3.05 bits per heavy atom. The molecule has 104 valence electrons. The second-order valence-corrected chi connectivity index (χ2v) is 5.00. The van der Waals surface area contributed by atoms with Crippen molar-refractivity contribution in [2.75, 3.05) is 18.9 Å².